The molecule has 0 fully saturated rings. The third-order valence-corrected chi connectivity index (χ3v) is 3.51. The number of carboxylic acid groups (broad SMARTS) is 1. The monoisotopic (exact) mass is 254 g/mol. The molecule has 0 bridgehead atoms. The van der Waals surface area contributed by atoms with Gasteiger partial charge in [0.25, 0.3) is 0 Å². The van der Waals surface area contributed by atoms with Gasteiger partial charge < -0.3 is 5.11 Å². The topological polar surface area (TPSA) is 63.1 Å². The molecule has 1 N–H and O–H groups in total. The molecule has 0 atom stereocenters. The smallest absolute Gasteiger partial charge is 0.339 e. The van der Waals surface area contributed by atoms with Crippen LogP contribution in [0.25, 0.3) is 11.3 Å². The van der Waals surface area contributed by atoms with Crippen LogP contribution in [0, 0.1) is 6.92 Å². The van der Waals surface area contributed by atoms with Crippen molar-refractivity contribution in [3.63, 3.8) is 0 Å². The zero-order valence-electron chi connectivity index (χ0n) is 10.7. The molecular weight excluding hydrogens is 240 g/mol. The highest BCUT2D eigenvalue weighted by Crippen LogP contribution is 2.28. The Morgan fingerprint density at radius 1 is 1.26 bits per heavy atom. The van der Waals surface area contributed by atoms with Crippen LogP contribution in [-0.2, 0) is 12.8 Å². The lowest BCUT2D eigenvalue weighted by molar-refractivity contribution is 0.0697. The number of aromatic nitrogens is 2. The van der Waals surface area contributed by atoms with E-state index in [2.05, 4.69) is 22.1 Å². The number of aryl methyl sites for hydroxylation is 3. The van der Waals surface area contributed by atoms with Crippen molar-refractivity contribution >= 4 is 5.97 Å². The van der Waals surface area contributed by atoms with Gasteiger partial charge >= 0.3 is 5.97 Å². The fourth-order valence-corrected chi connectivity index (χ4v) is 2.57. The van der Waals surface area contributed by atoms with Gasteiger partial charge in [0.1, 0.15) is 11.4 Å². The summed E-state index contributed by atoms with van der Waals surface area (Å²) in [7, 11) is 0. The summed E-state index contributed by atoms with van der Waals surface area (Å²) < 4.78 is 0. The molecule has 1 aromatic heterocycles. The van der Waals surface area contributed by atoms with Gasteiger partial charge in [0, 0.05) is 11.8 Å². The van der Waals surface area contributed by atoms with Crippen LogP contribution in [0.15, 0.2) is 24.4 Å². The third kappa shape index (κ3) is 2.10. The Morgan fingerprint density at radius 3 is 2.84 bits per heavy atom. The Balaban J connectivity index is 2.16. The molecule has 4 heteroatoms. The first-order valence-corrected chi connectivity index (χ1v) is 6.34. The van der Waals surface area contributed by atoms with Crippen LogP contribution < -0.4 is 0 Å². The normalized spacial score (nSPS) is 13.3. The first-order chi connectivity index (χ1) is 9.15. The molecule has 0 saturated heterocycles. The Morgan fingerprint density at radius 2 is 2.05 bits per heavy atom. The van der Waals surface area contributed by atoms with Gasteiger partial charge in [0.05, 0.1) is 5.69 Å². The van der Waals surface area contributed by atoms with E-state index < -0.39 is 5.97 Å². The van der Waals surface area contributed by atoms with Crippen molar-refractivity contribution in [2.24, 2.45) is 0 Å². The predicted molar refractivity (Wildman–Crippen MR) is 71.2 cm³/mol. The van der Waals surface area contributed by atoms with E-state index in [1.54, 1.807) is 6.92 Å². The van der Waals surface area contributed by atoms with Gasteiger partial charge in [-0.15, -0.1) is 0 Å². The molecule has 0 radical (unpaired) electrons. The van der Waals surface area contributed by atoms with Crippen molar-refractivity contribution < 1.29 is 9.90 Å². The van der Waals surface area contributed by atoms with E-state index in [-0.39, 0.29) is 5.56 Å². The molecule has 2 aromatic rings. The maximum absolute atomic E-state index is 11.3. The molecule has 1 aliphatic carbocycles. The Labute approximate surface area is 111 Å². The average molecular weight is 254 g/mol. The largest absolute Gasteiger partial charge is 0.478 e. The molecule has 3 rings (SSSR count). The van der Waals surface area contributed by atoms with Gasteiger partial charge in [-0.1, -0.05) is 12.1 Å². The summed E-state index contributed by atoms with van der Waals surface area (Å²) in [5, 5.41) is 9.23. The zero-order valence-corrected chi connectivity index (χ0v) is 10.7. The highest BCUT2D eigenvalue weighted by atomic mass is 16.4. The van der Waals surface area contributed by atoms with Gasteiger partial charge in [0.15, 0.2) is 0 Å². The average Bonchev–Trinajstić information content (AvgIpc) is 2.85. The summed E-state index contributed by atoms with van der Waals surface area (Å²) in [6, 6.07) is 6.11. The molecule has 1 aliphatic rings. The molecule has 1 heterocycles. The van der Waals surface area contributed by atoms with E-state index in [0.29, 0.717) is 11.5 Å². The number of hydrogen-bond donors (Lipinski definition) is 1. The number of hydrogen-bond acceptors (Lipinski definition) is 3. The van der Waals surface area contributed by atoms with E-state index in [4.69, 9.17) is 0 Å². The van der Waals surface area contributed by atoms with Crippen molar-refractivity contribution in [2.75, 3.05) is 0 Å². The van der Waals surface area contributed by atoms with Crippen LogP contribution in [0.4, 0.5) is 0 Å². The van der Waals surface area contributed by atoms with Crippen molar-refractivity contribution in [2.45, 2.75) is 26.2 Å². The van der Waals surface area contributed by atoms with Crippen LogP contribution in [-0.4, -0.2) is 21.0 Å². The number of benzene rings is 1. The second kappa shape index (κ2) is 4.46. The minimum absolute atomic E-state index is 0.156. The molecule has 0 aliphatic heterocycles. The standard InChI is InChI=1S/C15H14N2O2/c1-9-16-8-13(15(18)19)14(17-9)12-6-5-10-3-2-4-11(10)7-12/h5-8H,2-4H2,1H3,(H,18,19). The SMILES string of the molecule is Cc1ncc(C(=O)O)c(-c2ccc3c(c2)CCC3)n1. The lowest BCUT2D eigenvalue weighted by atomic mass is 10.0. The highest BCUT2D eigenvalue weighted by molar-refractivity contribution is 5.94. The van der Waals surface area contributed by atoms with Gasteiger partial charge in [-0.05, 0) is 43.4 Å². The summed E-state index contributed by atoms with van der Waals surface area (Å²) in [6.07, 6.45) is 4.74. The predicted octanol–water partition coefficient (Wildman–Crippen LogP) is 2.64. The molecule has 19 heavy (non-hydrogen) atoms. The Kier molecular flexibility index (Phi) is 2.78. The van der Waals surface area contributed by atoms with Crippen LogP contribution in [0.1, 0.15) is 33.7 Å². The first kappa shape index (κ1) is 11.8. The molecule has 96 valence electrons. The third-order valence-electron chi connectivity index (χ3n) is 3.51. The molecule has 0 spiro atoms. The summed E-state index contributed by atoms with van der Waals surface area (Å²) in [6.45, 7) is 1.77. The zero-order chi connectivity index (χ0) is 13.4. The number of rotatable bonds is 2. The number of nitrogens with zero attached hydrogens (tertiary/aromatic N) is 2. The van der Waals surface area contributed by atoms with Crippen molar-refractivity contribution in [1.82, 2.24) is 9.97 Å². The van der Waals surface area contributed by atoms with Crippen molar-refractivity contribution in [1.29, 1.82) is 0 Å². The van der Waals surface area contributed by atoms with Gasteiger partial charge in [-0.25, -0.2) is 14.8 Å². The second-order valence-electron chi connectivity index (χ2n) is 4.82. The minimum atomic E-state index is -0.990. The Bertz CT molecular complexity index is 665. The van der Waals surface area contributed by atoms with Crippen LogP contribution in [0.3, 0.4) is 0 Å². The quantitative estimate of drug-likeness (QED) is 0.894. The van der Waals surface area contributed by atoms with Gasteiger partial charge in [-0.3, -0.25) is 0 Å². The second-order valence-corrected chi connectivity index (χ2v) is 4.82. The van der Waals surface area contributed by atoms with E-state index >= 15 is 0 Å². The fraction of sp³-hybridized carbons (Fsp3) is 0.267. The van der Waals surface area contributed by atoms with Crippen molar-refractivity contribution in [3.8, 4) is 11.3 Å². The van der Waals surface area contributed by atoms with Crippen LogP contribution >= 0.6 is 0 Å². The lowest BCUT2D eigenvalue weighted by Gasteiger charge is -2.08. The van der Waals surface area contributed by atoms with E-state index in [1.165, 1.54) is 23.7 Å². The van der Waals surface area contributed by atoms with E-state index in [1.807, 2.05) is 6.07 Å². The minimum Gasteiger partial charge on any atom is -0.478 e. The van der Waals surface area contributed by atoms with E-state index in [0.717, 1.165) is 18.4 Å². The maximum atomic E-state index is 11.3. The number of fused-ring (bicyclic) bond motifs is 1. The molecule has 4 nitrogen and oxygen atoms in total. The number of carbonyl (C=O) groups is 1. The van der Waals surface area contributed by atoms with Gasteiger partial charge in [-0.2, -0.15) is 0 Å². The number of aromatic carboxylic acids is 1. The Hall–Kier alpha value is -2.23. The molecule has 0 amide bonds. The maximum Gasteiger partial charge on any atom is 0.339 e. The summed E-state index contributed by atoms with van der Waals surface area (Å²) in [5.41, 5.74) is 4.21. The lowest BCUT2D eigenvalue weighted by Crippen LogP contribution is -2.04. The number of carboxylic acids is 1. The molecule has 1 aromatic carbocycles. The first-order valence-electron chi connectivity index (χ1n) is 6.34. The molecule has 0 saturated carbocycles. The summed E-state index contributed by atoms with van der Waals surface area (Å²) >= 11 is 0. The molecule has 0 unspecified atom stereocenters. The summed E-state index contributed by atoms with van der Waals surface area (Å²) in [4.78, 5) is 19.5. The van der Waals surface area contributed by atoms with Crippen LogP contribution in [0.5, 0.6) is 0 Å². The van der Waals surface area contributed by atoms with Gasteiger partial charge in [0.2, 0.25) is 0 Å². The fourth-order valence-electron chi connectivity index (χ4n) is 2.57. The van der Waals surface area contributed by atoms with Crippen LogP contribution in [0.2, 0.25) is 0 Å². The van der Waals surface area contributed by atoms with Crippen molar-refractivity contribution in [3.05, 3.63) is 46.9 Å². The highest BCUT2D eigenvalue weighted by Gasteiger charge is 2.17. The molecular formula is C15H14N2O2. The van der Waals surface area contributed by atoms with E-state index in [9.17, 15) is 9.90 Å². The summed E-state index contributed by atoms with van der Waals surface area (Å²) in [5.74, 6) is -0.406.